The summed E-state index contributed by atoms with van der Waals surface area (Å²) in [6.45, 7) is 11.1. The fraction of sp³-hybridized carbons (Fsp3) is 0.184. The standard InChI is InChI=1S/C38H31NO2/c1-37(2,3)22-14-19-32-28(20-22)36(40)27-16-15-23(21-33(27)41-32)39-30-13-9-7-11-26(30)34-31(39)18-17-25-24-10-6-8-12-29(24)38(4,5)35(25)34/h6-21H,1-5H3. The summed E-state index contributed by atoms with van der Waals surface area (Å²) in [5, 5.41) is 3.75. The van der Waals surface area contributed by atoms with E-state index in [9.17, 15) is 4.79 Å². The van der Waals surface area contributed by atoms with Crippen molar-refractivity contribution in [2.24, 2.45) is 0 Å². The van der Waals surface area contributed by atoms with Gasteiger partial charge in [0.1, 0.15) is 11.2 Å². The minimum Gasteiger partial charge on any atom is -0.456 e. The van der Waals surface area contributed by atoms with E-state index >= 15 is 0 Å². The monoisotopic (exact) mass is 533 g/mol. The largest absolute Gasteiger partial charge is 0.456 e. The Hall–Kier alpha value is -4.63. The lowest BCUT2D eigenvalue weighted by atomic mass is 9.80. The van der Waals surface area contributed by atoms with Crippen molar-refractivity contribution >= 4 is 43.7 Å². The van der Waals surface area contributed by atoms with Crippen LogP contribution in [0.4, 0.5) is 0 Å². The highest BCUT2D eigenvalue weighted by Crippen LogP contribution is 2.53. The molecule has 0 unspecified atom stereocenters. The van der Waals surface area contributed by atoms with Crippen molar-refractivity contribution in [1.82, 2.24) is 4.57 Å². The SMILES string of the molecule is CC(C)(C)c1ccc2oc3cc(-n4c5ccccc5c5c6c(ccc54)-c4ccccc4C6(C)C)ccc3c(=O)c2c1. The highest BCUT2D eigenvalue weighted by molar-refractivity contribution is 6.14. The zero-order valence-corrected chi connectivity index (χ0v) is 24.0. The van der Waals surface area contributed by atoms with Crippen LogP contribution in [0.2, 0.25) is 0 Å². The first-order chi connectivity index (χ1) is 19.6. The predicted molar refractivity (Wildman–Crippen MR) is 171 cm³/mol. The van der Waals surface area contributed by atoms with Crippen LogP contribution >= 0.6 is 0 Å². The van der Waals surface area contributed by atoms with Gasteiger partial charge in [-0.1, -0.05) is 89.2 Å². The minimum absolute atomic E-state index is 0.0125. The third kappa shape index (κ3) is 3.23. The molecule has 2 heterocycles. The molecule has 0 spiro atoms. The van der Waals surface area contributed by atoms with Gasteiger partial charge >= 0.3 is 0 Å². The zero-order chi connectivity index (χ0) is 28.3. The smallest absolute Gasteiger partial charge is 0.200 e. The maximum absolute atomic E-state index is 13.6. The van der Waals surface area contributed by atoms with Gasteiger partial charge in [0.2, 0.25) is 5.43 Å². The van der Waals surface area contributed by atoms with Crippen molar-refractivity contribution in [1.29, 1.82) is 0 Å². The molecule has 0 N–H and O–H groups in total. The van der Waals surface area contributed by atoms with E-state index in [0.29, 0.717) is 21.9 Å². The second-order valence-corrected chi connectivity index (χ2v) is 13.0. The van der Waals surface area contributed by atoms with Crippen LogP contribution in [0.1, 0.15) is 51.3 Å². The van der Waals surface area contributed by atoms with Crippen LogP contribution < -0.4 is 5.43 Å². The molecule has 7 aromatic rings. The number of fused-ring (bicyclic) bond motifs is 9. The molecule has 1 aliphatic rings. The maximum atomic E-state index is 13.6. The van der Waals surface area contributed by atoms with Crippen molar-refractivity contribution in [2.75, 3.05) is 0 Å². The fourth-order valence-electron chi connectivity index (χ4n) is 7.06. The van der Waals surface area contributed by atoms with E-state index in [0.717, 1.165) is 22.3 Å². The van der Waals surface area contributed by atoms with Crippen LogP contribution in [-0.2, 0) is 10.8 Å². The number of hydrogen-bond donors (Lipinski definition) is 0. The molecule has 200 valence electrons. The van der Waals surface area contributed by atoms with Gasteiger partial charge in [0.15, 0.2) is 0 Å². The van der Waals surface area contributed by atoms with E-state index in [2.05, 4.69) is 112 Å². The third-order valence-corrected chi connectivity index (χ3v) is 9.13. The first kappa shape index (κ1) is 24.2. The lowest BCUT2D eigenvalue weighted by Gasteiger charge is -2.22. The molecule has 3 nitrogen and oxygen atoms in total. The number of benzene rings is 5. The van der Waals surface area contributed by atoms with E-state index in [-0.39, 0.29) is 16.3 Å². The van der Waals surface area contributed by atoms with E-state index in [1.54, 1.807) is 0 Å². The molecule has 1 aliphatic carbocycles. The van der Waals surface area contributed by atoms with Gasteiger partial charge in [-0.15, -0.1) is 0 Å². The number of rotatable bonds is 1. The first-order valence-electron chi connectivity index (χ1n) is 14.3. The molecule has 0 saturated carbocycles. The topological polar surface area (TPSA) is 35.1 Å². The van der Waals surface area contributed by atoms with E-state index < -0.39 is 0 Å². The van der Waals surface area contributed by atoms with Crippen molar-refractivity contribution < 1.29 is 4.42 Å². The summed E-state index contributed by atoms with van der Waals surface area (Å²) in [5.74, 6) is 0. The summed E-state index contributed by atoms with van der Waals surface area (Å²) in [4.78, 5) is 13.6. The molecule has 0 aliphatic heterocycles. The van der Waals surface area contributed by atoms with Crippen molar-refractivity contribution in [3.63, 3.8) is 0 Å². The number of nitrogens with zero attached hydrogens (tertiary/aromatic N) is 1. The Morgan fingerprint density at radius 3 is 2.29 bits per heavy atom. The van der Waals surface area contributed by atoms with Gasteiger partial charge in [-0.25, -0.2) is 0 Å². The Bertz CT molecular complexity index is 2290. The third-order valence-electron chi connectivity index (χ3n) is 9.13. The van der Waals surface area contributed by atoms with Crippen molar-refractivity contribution in [2.45, 2.75) is 45.4 Å². The average Bonchev–Trinajstić information content (AvgIpc) is 3.41. The Kier molecular flexibility index (Phi) is 4.71. The van der Waals surface area contributed by atoms with E-state index in [1.807, 2.05) is 24.3 Å². The summed E-state index contributed by atoms with van der Waals surface area (Å²) < 4.78 is 8.71. The van der Waals surface area contributed by atoms with Gasteiger partial charge in [-0.3, -0.25) is 4.79 Å². The second-order valence-electron chi connectivity index (χ2n) is 13.0. The second kappa shape index (κ2) is 7.98. The van der Waals surface area contributed by atoms with Gasteiger partial charge in [-0.05, 0) is 69.6 Å². The Balaban J connectivity index is 1.41. The Labute approximate surface area is 238 Å². The van der Waals surface area contributed by atoms with E-state index in [1.165, 1.54) is 33.0 Å². The summed E-state index contributed by atoms with van der Waals surface area (Å²) in [6.07, 6.45) is 0. The number of hydrogen-bond acceptors (Lipinski definition) is 2. The molecule has 41 heavy (non-hydrogen) atoms. The quantitative estimate of drug-likeness (QED) is 0.197. The van der Waals surface area contributed by atoms with Crippen LogP contribution in [0.5, 0.6) is 0 Å². The van der Waals surface area contributed by atoms with Crippen molar-refractivity contribution in [3.05, 3.63) is 124 Å². The van der Waals surface area contributed by atoms with Gasteiger partial charge in [0.25, 0.3) is 0 Å². The van der Waals surface area contributed by atoms with Crippen LogP contribution in [0.25, 0.3) is 60.6 Å². The fourth-order valence-corrected chi connectivity index (χ4v) is 7.06. The molecule has 0 radical (unpaired) electrons. The Morgan fingerprint density at radius 1 is 0.683 bits per heavy atom. The molecule has 8 rings (SSSR count). The van der Waals surface area contributed by atoms with Gasteiger partial charge in [0.05, 0.1) is 21.8 Å². The predicted octanol–water partition coefficient (Wildman–Crippen LogP) is 9.65. The molecular weight excluding hydrogens is 502 g/mol. The molecular formula is C38H31NO2. The Morgan fingerprint density at radius 2 is 1.46 bits per heavy atom. The average molecular weight is 534 g/mol. The van der Waals surface area contributed by atoms with E-state index in [4.69, 9.17) is 4.42 Å². The first-order valence-corrected chi connectivity index (χ1v) is 14.3. The lowest BCUT2D eigenvalue weighted by Crippen LogP contribution is -2.15. The highest BCUT2D eigenvalue weighted by Gasteiger charge is 2.38. The summed E-state index contributed by atoms with van der Waals surface area (Å²) in [6, 6.07) is 33.9. The van der Waals surface area contributed by atoms with Crippen LogP contribution in [0.15, 0.2) is 106 Å². The van der Waals surface area contributed by atoms with Crippen LogP contribution in [0, 0.1) is 0 Å². The lowest BCUT2D eigenvalue weighted by molar-refractivity contribution is 0.590. The van der Waals surface area contributed by atoms with Crippen molar-refractivity contribution in [3.8, 4) is 16.8 Å². The van der Waals surface area contributed by atoms with Crippen LogP contribution in [-0.4, -0.2) is 4.57 Å². The van der Waals surface area contributed by atoms with Gasteiger partial charge in [-0.2, -0.15) is 0 Å². The highest BCUT2D eigenvalue weighted by atomic mass is 16.3. The number of para-hydroxylation sites is 1. The van der Waals surface area contributed by atoms with Crippen LogP contribution in [0.3, 0.4) is 0 Å². The molecule has 0 saturated heterocycles. The molecule has 0 fully saturated rings. The summed E-state index contributed by atoms with van der Waals surface area (Å²) in [5.41, 5.74) is 10.8. The number of aromatic nitrogens is 1. The molecule has 3 heteroatoms. The maximum Gasteiger partial charge on any atom is 0.200 e. The molecule has 2 aromatic heterocycles. The zero-order valence-electron chi connectivity index (χ0n) is 24.0. The van der Waals surface area contributed by atoms with Gasteiger partial charge in [0, 0.05) is 27.9 Å². The minimum atomic E-state index is -0.124. The molecule has 5 aromatic carbocycles. The molecule has 0 amide bonds. The molecule has 0 bridgehead atoms. The van der Waals surface area contributed by atoms with Gasteiger partial charge < -0.3 is 8.98 Å². The summed E-state index contributed by atoms with van der Waals surface area (Å²) >= 11 is 0. The normalized spacial score (nSPS) is 14.3. The molecule has 0 atom stereocenters. The summed E-state index contributed by atoms with van der Waals surface area (Å²) in [7, 11) is 0.